The average Bonchev–Trinajstić information content (AvgIpc) is 2.15. The Kier molecular flexibility index (Phi) is 5.88. The van der Waals surface area contributed by atoms with Gasteiger partial charge in [0.25, 0.3) is 0 Å². The minimum atomic E-state index is -0.688. The standard InChI is InChI=1S/C12H25NO2/c1-6-12(5,11(14)15)9-13(7-2)8-10(3)4/h10H,6-9H2,1-5H3,(H,14,15). The summed E-state index contributed by atoms with van der Waals surface area (Å²) in [4.78, 5) is 13.4. The SMILES string of the molecule is CCN(CC(C)C)CC(C)(CC)C(=O)O. The highest BCUT2D eigenvalue weighted by atomic mass is 16.4. The molecule has 0 fully saturated rings. The van der Waals surface area contributed by atoms with Gasteiger partial charge in [0, 0.05) is 13.1 Å². The minimum absolute atomic E-state index is 0.583. The number of nitrogens with zero attached hydrogens (tertiary/aromatic N) is 1. The number of carboxylic acid groups (broad SMARTS) is 1. The van der Waals surface area contributed by atoms with Crippen LogP contribution >= 0.6 is 0 Å². The van der Waals surface area contributed by atoms with E-state index in [1.807, 2.05) is 13.8 Å². The van der Waals surface area contributed by atoms with Crippen LogP contribution in [0.1, 0.15) is 41.0 Å². The Balaban J connectivity index is 4.43. The number of rotatable bonds is 7. The minimum Gasteiger partial charge on any atom is -0.481 e. The molecule has 0 aromatic rings. The summed E-state index contributed by atoms with van der Waals surface area (Å²) in [5.41, 5.74) is -0.606. The summed E-state index contributed by atoms with van der Waals surface area (Å²) < 4.78 is 0. The van der Waals surface area contributed by atoms with E-state index in [4.69, 9.17) is 0 Å². The van der Waals surface area contributed by atoms with Crippen molar-refractivity contribution in [3.05, 3.63) is 0 Å². The first kappa shape index (κ1) is 14.4. The molecule has 0 aliphatic heterocycles. The summed E-state index contributed by atoms with van der Waals surface area (Å²) in [7, 11) is 0. The van der Waals surface area contributed by atoms with Crippen LogP contribution in [0.4, 0.5) is 0 Å². The molecule has 0 aromatic heterocycles. The molecule has 0 amide bonds. The van der Waals surface area contributed by atoms with Crippen LogP contribution in [0.25, 0.3) is 0 Å². The molecular formula is C12H25NO2. The third kappa shape index (κ3) is 4.65. The van der Waals surface area contributed by atoms with Gasteiger partial charge in [-0.15, -0.1) is 0 Å². The van der Waals surface area contributed by atoms with Crippen LogP contribution in [-0.2, 0) is 4.79 Å². The molecule has 0 radical (unpaired) electrons. The zero-order valence-electron chi connectivity index (χ0n) is 10.7. The van der Waals surface area contributed by atoms with Crippen molar-refractivity contribution in [2.45, 2.75) is 41.0 Å². The predicted octanol–water partition coefficient (Wildman–Crippen LogP) is 2.47. The smallest absolute Gasteiger partial charge is 0.310 e. The van der Waals surface area contributed by atoms with E-state index in [9.17, 15) is 9.90 Å². The Labute approximate surface area is 93.5 Å². The summed E-state index contributed by atoms with van der Waals surface area (Å²) >= 11 is 0. The van der Waals surface area contributed by atoms with E-state index < -0.39 is 11.4 Å². The predicted molar refractivity (Wildman–Crippen MR) is 63.0 cm³/mol. The molecule has 0 aliphatic carbocycles. The van der Waals surface area contributed by atoms with Crippen molar-refractivity contribution in [2.24, 2.45) is 11.3 Å². The van der Waals surface area contributed by atoms with Gasteiger partial charge in [0.2, 0.25) is 0 Å². The molecule has 90 valence electrons. The largest absolute Gasteiger partial charge is 0.481 e. The molecule has 3 nitrogen and oxygen atoms in total. The number of carbonyl (C=O) groups is 1. The summed E-state index contributed by atoms with van der Waals surface area (Å²) in [6.07, 6.45) is 0.678. The third-order valence-corrected chi connectivity index (χ3v) is 2.94. The maximum atomic E-state index is 11.2. The first-order chi connectivity index (χ1) is 6.85. The van der Waals surface area contributed by atoms with Gasteiger partial charge in [-0.1, -0.05) is 27.7 Å². The summed E-state index contributed by atoms with van der Waals surface area (Å²) in [5, 5.41) is 9.18. The molecule has 1 N–H and O–H groups in total. The fourth-order valence-electron chi connectivity index (χ4n) is 1.65. The van der Waals surface area contributed by atoms with Gasteiger partial charge >= 0.3 is 5.97 Å². The molecule has 0 aromatic carbocycles. The van der Waals surface area contributed by atoms with E-state index in [0.717, 1.165) is 13.1 Å². The molecule has 0 aliphatic rings. The Morgan fingerprint density at radius 3 is 2.20 bits per heavy atom. The highest BCUT2D eigenvalue weighted by Gasteiger charge is 2.32. The second-order valence-electron chi connectivity index (χ2n) is 4.94. The Bertz CT molecular complexity index is 204. The van der Waals surface area contributed by atoms with E-state index in [2.05, 4.69) is 25.7 Å². The maximum absolute atomic E-state index is 11.2. The molecule has 0 heterocycles. The topological polar surface area (TPSA) is 40.5 Å². The Hall–Kier alpha value is -0.570. The molecular weight excluding hydrogens is 190 g/mol. The van der Waals surface area contributed by atoms with Crippen molar-refractivity contribution >= 4 is 5.97 Å². The normalized spacial score (nSPS) is 15.7. The second-order valence-corrected chi connectivity index (χ2v) is 4.94. The van der Waals surface area contributed by atoms with Gasteiger partial charge in [-0.2, -0.15) is 0 Å². The fourth-order valence-corrected chi connectivity index (χ4v) is 1.65. The van der Waals surface area contributed by atoms with Crippen molar-refractivity contribution in [3.8, 4) is 0 Å². The van der Waals surface area contributed by atoms with E-state index in [1.165, 1.54) is 0 Å². The second kappa shape index (κ2) is 6.11. The van der Waals surface area contributed by atoms with Crippen LogP contribution in [0.5, 0.6) is 0 Å². The lowest BCUT2D eigenvalue weighted by atomic mass is 9.87. The molecule has 3 heteroatoms. The van der Waals surface area contributed by atoms with Gasteiger partial charge in [-0.05, 0) is 25.8 Å². The lowest BCUT2D eigenvalue weighted by molar-refractivity contribution is -0.149. The van der Waals surface area contributed by atoms with E-state index in [0.29, 0.717) is 18.9 Å². The zero-order chi connectivity index (χ0) is 12.1. The Morgan fingerprint density at radius 1 is 1.40 bits per heavy atom. The van der Waals surface area contributed by atoms with Crippen molar-refractivity contribution in [1.82, 2.24) is 4.90 Å². The number of aliphatic carboxylic acids is 1. The first-order valence-corrected chi connectivity index (χ1v) is 5.81. The van der Waals surface area contributed by atoms with Crippen LogP contribution in [0, 0.1) is 11.3 Å². The summed E-state index contributed by atoms with van der Waals surface area (Å²) in [6.45, 7) is 12.7. The van der Waals surface area contributed by atoms with Crippen LogP contribution in [-0.4, -0.2) is 35.6 Å². The first-order valence-electron chi connectivity index (χ1n) is 5.81. The summed E-state index contributed by atoms with van der Waals surface area (Å²) in [5.74, 6) is -0.105. The quantitative estimate of drug-likeness (QED) is 0.709. The molecule has 0 rings (SSSR count). The van der Waals surface area contributed by atoms with Crippen molar-refractivity contribution in [2.75, 3.05) is 19.6 Å². The van der Waals surface area contributed by atoms with E-state index >= 15 is 0 Å². The molecule has 15 heavy (non-hydrogen) atoms. The fraction of sp³-hybridized carbons (Fsp3) is 0.917. The van der Waals surface area contributed by atoms with Gasteiger partial charge in [0.05, 0.1) is 5.41 Å². The lowest BCUT2D eigenvalue weighted by Crippen LogP contribution is -2.42. The molecule has 0 spiro atoms. The van der Waals surface area contributed by atoms with Crippen LogP contribution in [0.3, 0.4) is 0 Å². The average molecular weight is 215 g/mol. The molecule has 1 atom stereocenters. The van der Waals surface area contributed by atoms with Gasteiger partial charge in [-0.3, -0.25) is 4.79 Å². The van der Waals surface area contributed by atoms with Gasteiger partial charge < -0.3 is 10.0 Å². The molecule has 0 saturated heterocycles. The number of hydrogen-bond acceptors (Lipinski definition) is 2. The van der Waals surface area contributed by atoms with Gasteiger partial charge in [0.15, 0.2) is 0 Å². The Morgan fingerprint density at radius 2 is 1.93 bits per heavy atom. The lowest BCUT2D eigenvalue weighted by Gasteiger charge is -2.31. The van der Waals surface area contributed by atoms with Gasteiger partial charge in [0.1, 0.15) is 0 Å². The maximum Gasteiger partial charge on any atom is 0.310 e. The van der Waals surface area contributed by atoms with Crippen LogP contribution < -0.4 is 0 Å². The monoisotopic (exact) mass is 215 g/mol. The van der Waals surface area contributed by atoms with Crippen molar-refractivity contribution in [3.63, 3.8) is 0 Å². The van der Waals surface area contributed by atoms with Crippen LogP contribution in [0.15, 0.2) is 0 Å². The van der Waals surface area contributed by atoms with E-state index in [1.54, 1.807) is 0 Å². The van der Waals surface area contributed by atoms with Crippen molar-refractivity contribution < 1.29 is 9.90 Å². The third-order valence-electron chi connectivity index (χ3n) is 2.94. The van der Waals surface area contributed by atoms with E-state index in [-0.39, 0.29) is 0 Å². The number of hydrogen-bond donors (Lipinski definition) is 1. The number of carboxylic acids is 1. The molecule has 0 bridgehead atoms. The molecule has 1 unspecified atom stereocenters. The molecule has 0 saturated carbocycles. The van der Waals surface area contributed by atoms with Crippen LogP contribution in [0.2, 0.25) is 0 Å². The highest BCUT2D eigenvalue weighted by molar-refractivity contribution is 5.74. The summed E-state index contributed by atoms with van der Waals surface area (Å²) in [6, 6.07) is 0. The van der Waals surface area contributed by atoms with Gasteiger partial charge in [-0.25, -0.2) is 0 Å². The zero-order valence-corrected chi connectivity index (χ0v) is 10.7. The highest BCUT2D eigenvalue weighted by Crippen LogP contribution is 2.23. The van der Waals surface area contributed by atoms with Crippen molar-refractivity contribution in [1.29, 1.82) is 0 Å².